The number of hydrogen-bond donors (Lipinski definition) is 2. The van der Waals surface area contributed by atoms with Crippen LogP contribution in [-0.4, -0.2) is 22.2 Å². The quantitative estimate of drug-likeness (QED) is 0.670. The molecule has 0 aliphatic carbocycles. The Labute approximate surface area is 119 Å². The third-order valence-corrected chi connectivity index (χ3v) is 3.42. The Morgan fingerprint density at radius 3 is 1.90 bits per heavy atom. The van der Waals surface area contributed by atoms with Gasteiger partial charge < -0.3 is 10.2 Å². The van der Waals surface area contributed by atoms with E-state index in [0.29, 0.717) is 12.0 Å². The average Bonchev–Trinajstić information content (AvgIpc) is 2.42. The molecule has 0 atom stereocenters. The molecule has 4 nitrogen and oxygen atoms in total. The fraction of sp³-hybridized carbons (Fsp3) is 0.500. The van der Waals surface area contributed by atoms with Gasteiger partial charge in [-0.2, -0.15) is 0 Å². The molecule has 0 unspecified atom stereocenters. The van der Waals surface area contributed by atoms with Crippen LogP contribution >= 0.6 is 0 Å². The van der Waals surface area contributed by atoms with Gasteiger partial charge in [-0.05, 0) is 30.5 Å². The Balaban J connectivity index is 2.71. The molecule has 4 heteroatoms. The molecule has 2 N–H and O–H groups in total. The van der Waals surface area contributed by atoms with Gasteiger partial charge in [0, 0.05) is 0 Å². The molecule has 0 bridgehead atoms. The fourth-order valence-corrected chi connectivity index (χ4v) is 2.34. The summed E-state index contributed by atoms with van der Waals surface area (Å²) in [5.74, 6) is -2.12. The summed E-state index contributed by atoms with van der Waals surface area (Å²) in [5.41, 5.74) is 0.667. The molecule has 0 heterocycles. The molecule has 0 aliphatic heterocycles. The minimum Gasteiger partial charge on any atom is -0.478 e. The molecule has 0 fully saturated rings. The first-order valence-corrected chi connectivity index (χ1v) is 7.16. The zero-order valence-corrected chi connectivity index (χ0v) is 11.9. The summed E-state index contributed by atoms with van der Waals surface area (Å²) in [6.07, 6.45) is 7.04. The molecule has 0 radical (unpaired) electrons. The largest absolute Gasteiger partial charge is 0.478 e. The Bertz CT molecular complexity index is 433. The van der Waals surface area contributed by atoms with Gasteiger partial charge in [-0.3, -0.25) is 0 Å². The van der Waals surface area contributed by atoms with Crippen LogP contribution in [-0.2, 0) is 6.42 Å². The predicted octanol–water partition coefficient (Wildman–Crippen LogP) is 3.99. The van der Waals surface area contributed by atoms with Crippen LogP contribution in [0, 0.1) is 0 Å². The molecule has 0 saturated carbocycles. The smallest absolute Gasteiger partial charge is 0.335 e. The zero-order valence-electron chi connectivity index (χ0n) is 11.9. The van der Waals surface area contributed by atoms with Crippen molar-refractivity contribution in [1.29, 1.82) is 0 Å². The highest BCUT2D eigenvalue weighted by molar-refractivity contribution is 5.96. The molecule has 1 aromatic rings. The van der Waals surface area contributed by atoms with Crippen LogP contribution in [0.3, 0.4) is 0 Å². The molecular formula is C16H22O4. The average molecular weight is 278 g/mol. The Kier molecular flexibility index (Phi) is 6.77. The minimum atomic E-state index is -1.06. The van der Waals surface area contributed by atoms with Gasteiger partial charge >= 0.3 is 11.9 Å². The summed E-state index contributed by atoms with van der Waals surface area (Å²) in [6, 6.07) is 4.43. The van der Waals surface area contributed by atoms with Crippen molar-refractivity contribution in [2.45, 2.75) is 51.9 Å². The number of aromatic carboxylic acids is 2. The number of carboxylic acids is 2. The second-order valence-corrected chi connectivity index (χ2v) is 4.96. The summed E-state index contributed by atoms with van der Waals surface area (Å²) >= 11 is 0. The van der Waals surface area contributed by atoms with Crippen molar-refractivity contribution in [2.24, 2.45) is 0 Å². The van der Waals surface area contributed by atoms with Crippen LogP contribution in [0.2, 0.25) is 0 Å². The highest BCUT2D eigenvalue weighted by atomic mass is 16.4. The summed E-state index contributed by atoms with van der Waals surface area (Å²) in [4.78, 5) is 22.4. The van der Waals surface area contributed by atoms with Crippen molar-refractivity contribution in [3.05, 3.63) is 34.9 Å². The van der Waals surface area contributed by atoms with E-state index in [2.05, 4.69) is 6.92 Å². The molecule has 110 valence electrons. The third kappa shape index (κ3) is 4.68. The lowest BCUT2D eigenvalue weighted by molar-refractivity contribution is 0.0695. The third-order valence-electron chi connectivity index (χ3n) is 3.42. The normalized spacial score (nSPS) is 10.4. The van der Waals surface area contributed by atoms with Crippen molar-refractivity contribution >= 4 is 11.9 Å². The Morgan fingerprint density at radius 2 is 1.40 bits per heavy atom. The van der Waals surface area contributed by atoms with Crippen LogP contribution < -0.4 is 0 Å². The van der Waals surface area contributed by atoms with Gasteiger partial charge in [0.1, 0.15) is 0 Å². The molecule has 0 aromatic heterocycles. The Hall–Kier alpha value is -1.84. The number of unbranched alkanes of at least 4 members (excludes halogenated alkanes) is 5. The van der Waals surface area contributed by atoms with E-state index < -0.39 is 11.9 Å². The van der Waals surface area contributed by atoms with Crippen molar-refractivity contribution < 1.29 is 19.8 Å². The Morgan fingerprint density at radius 1 is 0.900 bits per heavy atom. The van der Waals surface area contributed by atoms with Gasteiger partial charge in [0.05, 0.1) is 11.1 Å². The summed E-state index contributed by atoms with van der Waals surface area (Å²) < 4.78 is 0. The highest BCUT2D eigenvalue weighted by Crippen LogP contribution is 2.19. The second kappa shape index (κ2) is 8.35. The molecule has 0 spiro atoms. The summed E-state index contributed by atoms with van der Waals surface area (Å²) in [5, 5.41) is 18.3. The van der Waals surface area contributed by atoms with Gasteiger partial charge in [-0.1, -0.05) is 45.1 Å². The highest BCUT2D eigenvalue weighted by Gasteiger charge is 2.17. The van der Waals surface area contributed by atoms with E-state index in [9.17, 15) is 9.59 Å². The van der Waals surface area contributed by atoms with Crippen LogP contribution in [0.1, 0.15) is 71.7 Å². The van der Waals surface area contributed by atoms with Crippen molar-refractivity contribution in [1.82, 2.24) is 0 Å². The van der Waals surface area contributed by atoms with E-state index in [-0.39, 0.29) is 11.1 Å². The van der Waals surface area contributed by atoms with Crippen LogP contribution in [0.25, 0.3) is 0 Å². The van der Waals surface area contributed by atoms with E-state index >= 15 is 0 Å². The standard InChI is InChI=1S/C16H22O4/c1-2-3-4-5-6-7-9-12-13(15(17)18)10-8-11-14(12)16(19)20/h8,10-11H,2-7,9H2,1H3,(H,17,18)(H,19,20). The first kappa shape index (κ1) is 16.2. The molecule has 0 saturated heterocycles. The summed E-state index contributed by atoms with van der Waals surface area (Å²) in [7, 11) is 0. The number of carbonyl (C=O) groups is 2. The SMILES string of the molecule is CCCCCCCCc1c(C(=O)O)cccc1C(=O)O. The first-order chi connectivity index (χ1) is 9.57. The van der Waals surface area contributed by atoms with Gasteiger partial charge in [0.2, 0.25) is 0 Å². The molecule has 1 rings (SSSR count). The number of rotatable bonds is 9. The zero-order chi connectivity index (χ0) is 15.0. The van der Waals surface area contributed by atoms with Crippen LogP contribution in [0.5, 0.6) is 0 Å². The lowest BCUT2D eigenvalue weighted by Gasteiger charge is -2.09. The van der Waals surface area contributed by atoms with Gasteiger partial charge in [0.15, 0.2) is 0 Å². The lowest BCUT2D eigenvalue weighted by atomic mass is 9.95. The topological polar surface area (TPSA) is 74.6 Å². The lowest BCUT2D eigenvalue weighted by Crippen LogP contribution is -2.10. The van der Waals surface area contributed by atoms with E-state index in [1.807, 2.05) is 0 Å². The predicted molar refractivity (Wildman–Crippen MR) is 77.4 cm³/mol. The molecule has 1 aromatic carbocycles. The van der Waals surface area contributed by atoms with Crippen molar-refractivity contribution in [3.63, 3.8) is 0 Å². The van der Waals surface area contributed by atoms with Crippen LogP contribution in [0.4, 0.5) is 0 Å². The van der Waals surface area contributed by atoms with E-state index in [1.54, 1.807) is 0 Å². The monoisotopic (exact) mass is 278 g/mol. The van der Waals surface area contributed by atoms with Crippen molar-refractivity contribution in [3.8, 4) is 0 Å². The van der Waals surface area contributed by atoms with E-state index in [0.717, 1.165) is 19.3 Å². The maximum Gasteiger partial charge on any atom is 0.335 e. The molecular weight excluding hydrogens is 256 g/mol. The number of hydrogen-bond acceptors (Lipinski definition) is 2. The van der Waals surface area contributed by atoms with E-state index in [1.165, 1.54) is 37.5 Å². The van der Waals surface area contributed by atoms with Crippen molar-refractivity contribution in [2.75, 3.05) is 0 Å². The second-order valence-electron chi connectivity index (χ2n) is 4.96. The van der Waals surface area contributed by atoms with Crippen LogP contribution in [0.15, 0.2) is 18.2 Å². The summed E-state index contributed by atoms with van der Waals surface area (Å²) in [6.45, 7) is 2.16. The fourth-order valence-electron chi connectivity index (χ4n) is 2.34. The maximum atomic E-state index is 11.2. The maximum absolute atomic E-state index is 11.2. The van der Waals surface area contributed by atoms with E-state index in [4.69, 9.17) is 10.2 Å². The number of carboxylic acid groups (broad SMARTS) is 2. The minimum absolute atomic E-state index is 0.110. The molecule has 0 aliphatic rings. The first-order valence-electron chi connectivity index (χ1n) is 7.16. The van der Waals surface area contributed by atoms with Gasteiger partial charge in [-0.25, -0.2) is 9.59 Å². The van der Waals surface area contributed by atoms with Gasteiger partial charge in [0.25, 0.3) is 0 Å². The van der Waals surface area contributed by atoms with Gasteiger partial charge in [-0.15, -0.1) is 0 Å². The molecule has 20 heavy (non-hydrogen) atoms. The molecule has 0 amide bonds. The number of benzene rings is 1.